The summed E-state index contributed by atoms with van der Waals surface area (Å²) in [5.74, 6) is 0. The molecule has 0 aromatic rings. The summed E-state index contributed by atoms with van der Waals surface area (Å²) in [6.45, 7) is 0. The van der Waals surface area contributed by atoms with Gasteiger partial charge in [-0.15, -0.1) is 0 Å². The number of nitrogens with one attached hydrogen (secondary N) is 1. The molecule has 0 radical (unpaired) electrons. The molecular formula is C2H6N2O3S. The average Bonchev–Trinajstić information content (AvgIpc) is 1.61. The van der Waals surface area contributed by atoms with Crippen molar-refractivity contribution < 1.29 is 15.0 Å². The zero-order valence-corrected chi connectivity index (χ0v) is 4.68. The molecule has 0 rings (SSSR count). The van der Waals surface area contributed by atoms with Crippen molar-refractivity contribution in [1.82, 2.24) is 4.72 Å². The molecule has 6 heteroatoms. The van der Waals surface area contributed by atoms with E-state index in [4.69, 9.17) is 10.2 Å². The number of aliphatic hydroxyl groups excluding tert-OH is 1. The van der Waals surface area contributed by atoms with Gasteiger partial charge in [0.05, 0.1) is 0 Å². The van der Waals surface area contributed by atoms with E-state index in [0.29, 0.717) is 11.9 Å². The van der Waals surface area contributed by atoms with Crippen molar-refractivity contribution >= 4 is 18.0 Å². The molecule has 8 heavy (non-hydrogen) atoms. The van der Waals surface area contributed by atoms with Crippen LogP contribution in [0.4, 0.5) is 4.79 Å². The molecule has 2 amide bonds. The number of hydrogen-bond acceptors (Lipinski definition) is 4. The van der Waals surface area contributed by atoms with Crippen LogP contribution in [-0.2, 0) is 0 Å². The van der Waals surface area contributed by atoms with Gasteiger partial charge in [-0.3, -0.25) is 4.72 Å². The lowest BCUT2D eigenvalue weighted by Crippen LogP contribution is -2.25. The Morgan fingerprint density at radius 3 is 2.38 bits per heavy atom. The zero-order valence-electron chi connectivity index (χ0n) is 3.87. The van der Waals surface area contributed by atoms with Crippen LogP contribution in [0.5, 0.6) is 0 Å². The maximum Gasteiger partial charge on any atom is 0.322 e. The Labute approximate surface area is 50.0 Å². The van der Waals surface area contributed by atoms with Crippen LogP contribution in [0, 0.1) is 0 Å². The SMILES string of the molecule is NC(=O)NSC(O)O. The topological polar surface area (TPSA) is 95.6 Å². The number of carbonyl (C=O) groups is 1. The maximum absolute atomic E-state index is 9.77. The second-order valence-corrected chi connectivity index (χ2v) is 1.77. The maximum atomic E-state index is 9.77. The van der Waals surface area contributed by atoms with E-state index in [-0.39, 0.29) is 0 Å². The number of hydrogen-bond donors (Lipinski definition) is 4. The average molecular weight is 138 g/mol. The molecule has 5 N–H and O–H groups in total. The third kappa shape index (κ3) is 5.54. The molecule has 0 unspecified atom stereocenters. The Morgan fingerprint density at radius 1 is 1.75 bits per heavy atom. The molecule has 0 aliphatic heterocycles. The Hall–Kier alpha value is -0.460. The van der Waals surface area contributed by atoms with Gasteiger partial charge in [0.25, 0.3) is 0 Å². The number of nitrogens with two attached hydrogens (primary N) is 1. The van der Waals surface area contributed by atoms with Gasteiger partial charge in [0, 0.05) is 11.9 Å². The Bertz CT molecular complexity index is 85.4. The number of urea groups is 1. The minimum absolute atomic E-state index is 0.426. The van der Waals surface area contributed by atoms with Crippen LogP contribution < -0.4 is 10.5 Å². The second kappa shape index (κ2) is 3.53. The van der Waals surface area contributed by atoms with Gasteiger partial charge in [-0.05, 0) is 0 Å². The third-order valence-electron chi connectivity index (χ3n) is 0.265. The van der Waals surface area contributed by atoms with Crippen molar-refractivity contribution in [2.75, 3.05) is 0 Å². The van der Waals surface area contributed by atoms with Crippen LogP contribution in [0.3, 0.4) is 0 Å². The molecular weight excluding hydrogens is 132 g/mol. The Morgan fingerprint density at radius 2 is 2.25 bits per heavy atom. The molecule has 0 fully saturated rings. The molecule has 0 bridgehead atoms. The standard InChI is InChI=1S/C2H6N2O3S/c3-1(5)4-8-2(6)7/h2,6-7H,(H3,3,4,5). The number of aliphatic hydroxyl groups is 2. The summed E-state index contributed by atoms with van der Waals surface area (Å²) >= 11 is 0.426. The summed E-state index contributed by atoms with van der Waals surface area (Å²) in [5, 5.41) is 16.1. The first-order valence-electron chi connectivity index (χ1n) is 1.70. The fraction of sp³-hybridized carbons (Fsp3) is 0.500. The molecule has 48 valence electrons. The molecule has 0 aliphatic rings. The number of carbonyl (C=O) groups excluding carboxylic acids is 1. The summed E-state index contributed by atoms with van der Waals surface area (Å²) in [5.41, 5.74) is 2.94. The van der Waals surface area contributed by atoms with Crippen LogP contribution in [0.15, 0.2) is 0 Å². The van der Waals surface area contributed by atoms with Crippen LogP contribution >= 0.6 is 11.9 Å². The zero-order chi connectivity index (χ0) is 6.57. The highest BCUT2D eigenvalue weighted by Gasteiger charge is 1.97. The smallest absolute Gasteiger partial charge is 0.322 e. The van der Waals surface area contributed by atoms with E-state index < -0.39 is 11.7 Å². The monoisotopic (exact) mass is 138 g/mol. The second-order valence-electron chi connectivity index (χ2n) is 0.910. The van der Waals surface area contributed by atoms with Crippen LogP contribution in [-0.4, -0.2) is 21.9 Å². The molecule has 0 saturated carbocycles. The quantitative estimate of drug-likeness (QED) is 0.278. The van der Waals surface area contributed by atoms with Gasteiger partial charge in [-0.1, -0.05) is 0 Å². The van der Waals surface area contributed by atoms with Gasteiger partial charge in [-0.2, -0.15) is 0 Å². The summed E-state index contributed by atoms with van der Waals surface area (Å²) in [6, 6.07) is -0.803. The van der Waals surface area contributed by atoms with E-state index >= 15 is 0 Å². The molecule has 5 nitrogen and oxygen atoms in total. The van der Waals surface area contributed by atoms with Crippen LogP contribution in [0.1, 0.15) is 0 Å². The predicted octanol–water partition coefficient (Wildman–Crippen LogP) is -1.43. The van der Waals surface area contributed by atoms with E-state index in [1.54, 1.807) is 0 Å². The molecule has 0 atom stereocenters. The van der Waals surface area contributed by atoms with Gasteiger partial charge in [0.1, 0.15) is 0 Å². The Kier molecular flexibility index (Phi) is 3.33. The third-order valence-corrected chi connectivity index (χ3v) is 0.795. The molecule has 0 aliphatic carbocycles. The first-order chi connectivity index (χ1) is 3.63. The number of primary amides is 1. The van der Waals surface area contributed by atoms with E-state index in [2.05, 4.69) is 5.73 Å². The minimum Gasteiger partial charge on any atom is -0.358 e. The highest BCUT2D eigenvalue weighted by Crippen LogP contribution is 1.95. The van der Waals surface area contributed by atoms with Gasteiger partial charge in [-0.25, -0.2) is 4.79 Å². The molecule has 0 spiro atoms. The lowest BCUT2D eigenvalue weighted by molar-refractivity contribution is 0.0400. The molecule has 0 aromatic heterocycles. The summed E-state index contributed by atoms with van der Waals surface area (Å²) in [6.07, 6.45) is 0. The highest BCUT2D eigenvalue weighted by molar-refractivity contribution is 7.98. The van der Waals surface area contributed by atoms with Gasteiger partial charge in [0.15, 0.2) is 0 Å². The van der Waals surface area contributed by atoms with Crippen molar-refractivity contribution in [2.24, 2.45) is 5.73 Å². The summed E-state index contributed by atoms with van der Waals surface area (Å²) in [4.78, 5) is 9.77. The van der Waals surface area contributed by atoms with Crippen molar-refractivity contribution in [3.05, 3.63) is 0 Å². The fourth-order valence-corrected chi connectivity index (χ4v) is 0.332. The first-order valence-corrected chi connectivity index (χ1v) is 2.58. The van der Waals surface area contributed by atoms with E-state index in [0.717, 1.165) is 0 Å². The van der Waals surface area contributed by atoms with E-state index in [1.807, 2.05) is 4.72 Å². The summed E-state index contributed by atoms with van der Waals surface area (Å²) in [7, 11) is 0. The molecule has 0 aromatic carbocycles. The largest absolute Gasteiger partial charge is 0.358 e. The van der Waals surface area contributed by atoms with Crippen molar-refractivity contribution in [1.29, 1.82) is 0 Å². The van der Waals surface area contributed by atoms with Gasteiger partial charge in [0.2, 0.25) is 5.62 Å². The number of rotatable bonds is 2. The fourth-order valence-electron chi connectivity index (χ4n) is 0.111. The lowest BCUT2D eigenvalue weighted by Gasteiger charge is -1.99. The van der Waals surface area contributed by atoms with Crippen molar-refractivity contribution in [3.63, 3.8) is 0 Å². The first kappa shape index (κ1) is 7.54. The van der Waals surface area contributed by atoms with Gasteiger partial charge >= 0.3 is 6.03 Å². The predicted molar refractivity (Wildman–Crippen MR) is 28.5 cm³/mol. The van der Waals surface area contributed by atoms with Gasteiger partial charge < -0.3 is 15.9 Å². The summed E-state index contributed by atoms with van der Waals surface area (Å²) < 4.78 is 1.90. The van der Waals surface area contributed by atoms with E-state index in [9.17, 15) is 4.79 Å². The van der Waals surface area contributed by atoms with Crippen molar-refractivity contribution in [3.8, 4) is 0 Å². The normalized spacial score (nSPS) is 9.38. The lowest BCUT2D eigenvalue weighted by atomic mass is 11.2. The highest BCUT2D eigenvalue weighted by atomic mass is 32.2. The minimum atomic E-state index is -1.61. The van der Waals surface area contributed by atoms with Crippen LogP contribution in [0.2, 0.25) is 0 Å². The molecule has 0 heterocycles. The number of amides is 2. The van der Waals surface area contributed by atoms with E-state index in [1.165, 1.54) is 0 Å². The molecule has 0 saturated heterocycles. The van der Waals surface area contributed by atoms with Crippen LogP contribution in [0.25, 0.3) is 0 Å². The van der Waals surface area contributed by atoms with Crippen molar-refractivity contribution in [2.45, 2.75) is 5.62 Å². The Balaban J connectivity index is 3.05.